The normalized spacial score (nSPS) is 38.0. The maximum atomic E-state index is 12.9. The Morgan fingerprint density at radius 1 is 1.29 bits per heavy atom. The molecule has 0 radical (unpaired) electrons. The summed E-state index contributed by atoms with van der Waals surface area (Å²) in [6, 6.07) is -0.333. The highest BCUT2D eigenvalue weighted by Gasteiger charge is 2.54. The van der Waals surface area contributed by atoms with Gasteiger partial charge in [-0.2, -0.15) is 0 Å². The van der Waals surface area contributed by atoms with Crippen LogP contribution in [0.5, 0.6) is 0 Å². The maximum Gasteiger partial charge on any atom is 0.249 e. The van der Waals surface area contributed by atoms with Crippen molar-refractivity contribution >= 4 is 11.8 Å². The highest BCUT2D eigenvalue weighted by molar-refractivity contribution is 5.99. The molecule has 5 heteroatoms. The first-order chi connectivity index (χ1) is 9.95. The van der Waals surface area contributed by atoms with Crippen LogP contribution in [0, 0.1) is 11.8 Å². The van der Waals surface area contributed by atoms with Crippen LogP contribution in [-0.2, 0) is 9.59 Å². The molecule has 2 heterocycles. The van der Waals surface area contributed by atoms with E-state index in [9.17, 15) is 9.59 Å². The third-order valence-corrected chi connectivity index (χ3v) is 5.60. The quantitative estimate of drug-likeness (QED) is 0.836. The Morgan fingerprint density at radius 3 is 2.57 bits per heavy atom. The minimum Gasteiger partial charge on any atom is -0.340 e. The standard InChI is InChI=1S/C16H27N3O2/c1-4-18-8-7-12(9-18)10-19-11(2)14(20)17-16(3,15(19)21)13-5-6-13/h11-13H,4-10H2,1-3H3,(H,17,20). The van der Waals surface area contributed by atoms with Crippen LogP contribution in [-0.4, -0.2) is 59.4 Å². The summed E-state index contributed by atoms with van der Waals surface area (Å²) in [6.45, 7) is 9.91. The SMILES string of the molecule is CCN1CCC(CN2C(=O)C(C)(C3CC3)NC(=O)C2C)C1. The largest absolute Gasteiger partial charge is 0.340 e. The van der Waals surface area contributed by atoms with Crippen molar-refractivity contribution in [1.82, 2.24) is 15.1 Å². The van der Waals surface area contributed by atoms with E-state index in [1.165, 1.54) is 0 Å². The van der Waals surface area contributed by atoms with Gasteiger partial charge in [0.25, 0.3) is 0 Å². The Bertz CT molecular complexity index is 449. The number of carbonyl (C=O) groups is 2. The summed E-state index contributed by atoms with van der Waals surface area (Å²) in [5.41, 5.74) is -0.660. The lowest BCUT2D eigenvalue weighted by atomic mass is 9.89. The molecule has 1 aliphatic carbocycles. The topological polar surface area (TPSA) is 52.6 Å². The molecule has 0 bridgehead atoms. The van der Waals surface area contributed by atoms with E-state index in [2.05, 4.69) is 17.1 Å². The molecule has 3 fully saturated rings. The molecule has 2 saturated heterocycles. The van der Waals surface area contributed by atoms with Gasteiger partial charge in [0.1, 0.15) is 11.6 Å². The van der Waals surface area contributed by atoms with Crippen molar-refractivity contribution in [3.63, 3.8) is 0 Å². The first-order valence-electron chi connectivity index (χ1n) is 8.31. The summed E-state index contributed by atoms with van der Waals surface area (Å²) in [5, 5.41) is 2.99. The minimum absolute atomic E-state index is 0.00865. The van der Waals surface area contributed by atoms with E-state index in [4.69, 9.17) is 0 Å². The fourth-order valence-electron chi connectivity index (χ4n) is 3.84. The van der Waals surface area contributed by atoms with Crippen LogP contribution in [0.1, 0.15) is 40.0 Å². The Hall–Kier alpha value is -1.10. The van der Waals surface area contributed by atoms with Crippen molar-refractivity contribution in [3.05, 3.63) is 0 Å². The molecule has 5 nitrogen and oxygen atoms in total. The third-order valence-electron chi connectivity index (χ3n) is 5.60. The van der Waals surface area contributed by atoms with E-state index in [0.717, 1.165) is 45.4 Å². The summed E-state index contributed by atoms with van der Waals surface area (Å²) >= 11 is 0. The minimum atomic E-state index is -0.660. The lowest BCUT2D eigenvalue weighted by Gasteiger charge is -2.44. The van der Waals surface area contributed by atoms with Crippen LogP contribution < -0.4 is 5.32 Å². The molecule has 0 aromatic rings. The van der Waals surface area contributed by atoms with E-state index in [1.807, 2.05) is 18.7 Å². The van der Waals surface area contributed by atoms with Crippen molar-refractivity contribution in [3.8, 4) is 0 Å². The fourth-order valence-corrected chi connectivity index (χ4v) is 3.84. The van der Waals surface area contributed by atoms with Gasteiger partial charge in [-0.15, -0.1) is 0 Å². The summed E-state index contributed by atoms with van der Waals surface area (Å²) in [5.74, 6) is 0.978. The van der Waals surface area contributed by atoms with Gasteiger partial charge >= 0.3 is 0 Å². The average molecular weight is 293 g/mol. The number of hydrogen-bond donors (Lipinski definition) is 1. The van der Waals surface area contributed by atoms with Crippen LogP contribution in [0.2, 0.25) is 0 Å². The second-order valence-electron chi connectivity index (χ2n) is 7.15. The molecule has 3 aliphatic rings. The van der Waals surface area contributed by atoms with Gasteiger partial charge in [-0.05, 0) is 58.0 Å². The van der Waals surface area contributed by atoms with Gasteiger partial charge in [0, 0.05) is 13.1 Å². The molecule has 1 N–H and O–H groups in total. The number of piperazine rings is 1. The number of amides is 2. The Morgan fingerprint density at radius 2 is 2.00 bits per heavy atom. The van der Waals surface area contributed by atoms with E-state index < -0.39 is 5.54 Å². The van der Waals surface area contributed by atoms with Crippen molar-refractivity contribution in [2.24, 2.45) is 11.8 Å². The van der Waals surface area contributed by atoms with Crippen LogP contribution in [0.4, 0.5) is 0 Å². The van der Waals surface area contributed by atoms with Gasteiger partial charge in [-0.25, -0.2) is 0 Å². The van der Waals surface area contributed by atoms with Crippen molar-refractivity contribution < 1.29 is 9.59 Å². The number of carbonyl (C=O) groups excluding carboxylic acids is 2. The number of nitrogens with zero attached hydrogens (tertiary/aromatic N) is 2. The lowest BCUT2D eigenvalue weighted by Crippen LogP contribution is -2.70. The Balaban J connectivity index is 1.72. The molecule has 118 valence electrons. The molecule has 0 aromatic carbocycles. The van der Waals surface area contributed by atoms with Crippen LogP contribution in [0.3, 0.4) is 0 Å². The first-order valence-corrected chi connectivity index (χ1v) is 8.31. The molecular formula is C16H27N3O2. The van der Waals surface area contributed by atoms with Gasteiger partial charge in [-0.1, -0.05) is 6.92 Å². The highest BCUT2D eigenvalue weighted by atomic mass is 16.2. The molecule has 0 spiro atoms. The smallest absolute Gasteiger partial charge is 0.249 e. The summed E-state index contributed by atoms with van der Waals surface area (Å²) in [7, 11) is 0. The number of rotatable bonds is 4. The zero-order valence-electron chi connectivity index (χ0n) is 13.4. The van der Waals surface area contributed by atoms with Crippen LogP contribution >= 0.6 is 0 Å². The molecule has 0 aromatic heterocycles. The van der Waals surface area contributed by atoms with Gasteiger partial charge in [0.15, 0.2) is 0 Å². The van der Waals surface area contributed by atoms with Gasteiger partial charge in [0.05, 0.1) is 0 Å². The summed E-state index contributed by atoms with van der Waals surface area (Å²) < 4.78 is 0. The molecule has 1 saturated carbocycles. The zero-order valence-corrected chi connectivity index (χ0v) is 13.4. The van der Waals surface area contributed by atoms with Gasteiger partial charge < -0.3 is 15.1 Å². The maximum absolute atomic E-state index is 12.9. The molecule has 2 aliphatic heterocycles. The second kappa shape index (κ2) is 5.27. The van der Waals surface area contributed by atoms with Gasteiger partial charge in [0.2, 0.25) is 11.8 Å². The zero-order chi connectivity index (χ0) is 15.2. The average Bonchev–Trinajstić information content (AvgIpc) is 3.22. The molecular weight excluding hydrogens is 266 g/mol. The lowest BCUT2D eigenvalue weighted by molar-refractivity contribution is -0.155. The first kappa shape index (κ1) is 14.8. The van der Waals surface area contributed by atoms with Crippen molar-refractivity contribution in [1.29, 1.82) is 0 Å². The molecule has 2 amide bonds. The number of likely N-dealkylation sites (tertiary alicyclic amines) is 1. The van der Waals surface area contributed by atoms with E-state index in [0.29, 0.717) is 11.8 Å². The highest BCUT2D eigenvalue weighted by Crippen LogP contribution is 2.42. The Labute approximate surface area is 127 Å². The van der Waals surface area contributed by atoms with E-state index >= 15 is 0 Å². The predicted molar refractivity (Wildman–Crippen MR) is 80.7 cm³/mol. The van der Waals surface area contributed by atoms with E-state index in [1.54, 1.807) is 0 Å². The molecule has 3 rings (SSSR count). The molecule has 3 unspecified atom stereocenters. The summed E-state index contributed by atoms with van der Waals surface area (Å²) in [4.78, 5) is 29.5. The van der Waals surface area contributed by atoms with Gasteiger partial charge in [-0.3, -0.25) is 9.59 Å². The monoisotopic (exact) mass is 293 g/mol. The number of nitrogens with one attached hydrogen (secondary N) is 1. The fraction of sp³-hybridized carbons (Fsp3) is 0.875. The van der Waals surface area contributed by atoms with Crippen molar-refractivity contribution in [2.75, 3.05) is 26.2 Å². The molecule has 3 atom stereocenters. The predicted octanol–water partition coefficient (Wildman–Crippen LogP) is 0.844. The summed E-state index contributed by atoms with van der Waals surface area (Å²) in [6.07, 6.45) is 3.24. The Kier molecular flexibility index (Phi) is 3.72. The third kappa shape index (κ3) is 2.56. The van der Waals surface area contributed by atoms with Crippen LogP contribution in [0.25, 0.3) is 0 Å². The van der Waals surface area contributed by atoms with Crippen molar-refractivity contribution in [2.45, 2.75) is 51.6 Å². The number of hydrogen-bond acceptors (Lipinski definition) is 3. The molecule has 21 heavy (non-hydrogen) atoms. The second-order valence-corrected chi connectivity index (χ2v) is 7.15. The van der Waals surface area contributed by atoms with E-state index in [-0.39, 0.29) is 17.9 Å². The van der Waals surface area contributed by atoms with Crippen LogP contribution in [0.15, 0.2) is 0 Å².